The van der Waals surface area contributed by atoms with Crippen LogP contribution in [0.15, 0.2) is 48.5 Å². The van der Waals surface area contributed by atoms with E-state index in [1.807, 2.05) is 12.1 Å². The van der Waals surface area contributed by atoms with Gasteiger partial charge in [-0.1, -0.05) is 35.9 Å². The predicted molar refractivity (Wildman–Crippen MR) is 91.0 cm³/mol. The fraction of sp³-hybridized carbons (Fsp3) is 0.316. The minimum atomic E-state index is -0.114. The van der Waals surface area contributed by atoms with Crippen molar-refractivity contribution in [3.8, 4) is 11.5 Å². The van der Waals surface area contributed by atoms with Crippen molar-refractivity contribution < 1.29 is 14.3 Å². The molecular formula is C19H23NO3. The third-order valence-corrected chi connectivity index (χ3v) is 3.50. The molecule has 0 fully saturated rings. The summed E-state index contributed by atoms with van der Waals surface area (Å²) in [6.07, 6.45) is 1.87. The monoisotopic (exact) mass is 313 g/mol. The molecule has 0 bridgehead atoms. The Labute approximate surface area is 137 Å². The van der Waals surface area contributed by atoms with Gasteiger partial charge in [0, 0.05) is 12.6 Å². The molecule has 0 aliphatic rings. The van der Waals surface area contributed by atoms with Crippen LogP contribution in [0.1, 0.15) is 17.5 Å². The van der Waals surface area contributed by atoms with Gasteiger partial charge in [0.05, 0.1) is 7.11 Å². The van der Waals surface area contributed by atoms with Crippen molar-refractivity contribution in [2.24, 2.45) is 0 Å². The molecule has 0 saturated heterocycles. The number of carbonyl (C=O) groups excluding carboxylic acids is 1. The summed E-state index contributed by atoms with van der Waals surface area (Å²) in [6.45, 7) is 2.73. The maximum atomic E-state index is 11.8. The number of rotatable bonds is 8. The van der Waals surface area contributed by atoms with E-state index in [-0.39, 0.29) is 12.5 Å². The Morgan fingerprint density at radius 3 is 2.57 bits per heavy atom. The first-order chi connectivity index (χ1) is 11.2. The van der Waals surface area contributed by atoms with Gasteiger partial charge in [0.15, 0.2) is 6.61 Å². The van der Waals surface area contributed by atoms with E-state index in [9.17, 15) is 4.79 Å². The van der Waals surface area contributed by atoms with Crippen LogP contribution < -0.4 is 14.8 Å². The first-order valence-electron chi connectivity index (χ1n) is 7.76. The van der Waals surface area contributed by atoms with E-state index in [0.717, 1.165) is 12.8 Å². The highest BCUT2D eigenvalue weighted by Crippen LogP contribution is 2.18. The molecule has 0 saturated carbocycles. The summed E-state index contributed by atoms with van der Waals surface area (Å²) in [5.74, 6) is 1.22. The fourth-order valence-electron chi connectivity index (χ4n) is 2.17. The molecule has 0 atom stereocenters. The molecule has 4 nitrogen and oxygen atoms in total. The van der Waals surface area contributed by atoms with Gasteiger partial charge in [0.25, 0.3) is 5.91 Å². The largest absolute Gasteiger partial charge is 0.497 e. The minimum Gasteiger partial charge on any atom is -0.497 e. The molecule has 1 amide bonds. The number of amides is 1. The number of methoxy groups -OCH3 is 1. The average molecular weight is 313 g/mol. The van der Waals surface area contributed by atoms with Crippen LogP contribution in [0.3, 0.4) is 0 Å². The van der Waals surface area contributed by atoms with Crippen molar-refractivity contribution in [3.63, 3.8) is 0 Å². The van der Waals surface area contributed by atoms with Crippen molar-refractivity contribution in [2.45, 2.75) is 19.8 Å². The summed E-state index contributed by atoms with van der Waals surface area (Å²) in [5, 5.41) is 2.87. The Bertz CT molecular complexity index is 623. The maximum Gasteiger partial charge on any atom is 0.257 e. The predicted octanol–water partition coefficient (Wildman–Crippen LogP) is 3.13. The van der Waals surface area contributed by atoms with Gasteiger partial charge in [-0.05, 0) is 37.5 Å². The average Bonchev–Trinajstić information content (AvgIpc) is 2.58. The van der Waals surface area contributed by atoms with Crippen LogP contribution in [0.5, 0.6) is 11.5 Å². The summed E-state index contributed by atoms with van der Waals surface area (Å²) in [4.78, 5) is 11.8. The van der Waals surface area contributed by atoms with E-state index in [1.165, 1.54) is 11.1 Å². The van der Waals surface area contributed by atoms with Gasteiger partial charge >= 0.3 is 0 Å². The van der Waals surface area contributed by atoms with Gasteiger partial charge in [-0.25, -0.2) is 0 Å². The van der Waals surface area contributed by atoms with Crippen molar-refractivity contribution in [2.75, 3.05) is 20.3 Å². The maximum absolute atomic E-state index is 11.8. The van der Waals surface area contributed by atoms with Gasteiger partial charge in [-0.2, -0.15) is 0 Å². The fourth-order valence-corrected chi connectivity index (χ4v) is 2.17. The lowest BCUT2D eigenvalue weighted by molar-refractivity contribution is -0.123. The first kappa shape index (κ1) is 16.9. The summed E-state index contributed by atoms with van der Waals surface area (Å²) < 4.78 is 10.6. The molecule has 23 heavy (non-hydrogen) atoms. The topological polar surface area (TPSA) is 47.6 Å². The summed E-state index contributed by atoms with van der Waals surface area (Å²) in [6, 6.07) is 15.7. The second kappa shape index (κ2) is 8.83. The quantitative estimate of drug-likeness (QED) is 0.762. The summed E-state index contributed by atoms with van der Waals surface area (Å²) in [7, 11) is 1.60. The van der Waals surface area contributed by atoms with Gasteiger partial charge in [0.1, 0.15) is 11.5 Å². The zero-order valence-corrected chi connectivity index (χ0v) is 13.7. The highest BCUT2D eigenvalue weighted by molar-refractivity contribution is 5.77. The van der Waals surface area contributed by atoms with Gasteiger partial charge < -0.3 is 14.8 Å². The van der Waals surface area contributed by atoms with Crippen molar-refractivity contribution in [1.29, 1.82) is 0 Å². The number of hydrogen-bond acceptors (Lipinski definition) is 3. The molecule has 0 aliphatic carbocycles. The lowest BCUT2D eigenvalue weighted by Gasteiger charge is -2.08. The van der Waals surface area contributed by atoms with Crippen LogP contribution in [-0.4, -0.2) is 26.2 Å². The van der Waals surface area contributed by atoms with Crippen LogP contribution >= 0.6 is 0 Å². The van der Waals surface area contributed by atoms with Crippen LogP contribution in [-0.2, 0) is 11.2 Å². The molecular weight excluding hydrogens is 290 g/mol. The highest BCUT2D eigenvalue weighted by atomic mass is 16.5. The standard InChI is InChI=1S/C19H23NO3/c1-15-8-10-16(11-9-15)5-4-12-20-19(21)14-23-18-7-3-6-17(13-18)22-2/h3,6-11,13H,4-5,12,14H2,1-2H3,(H,20,21). The number of benzene rings is 2. The van der Waals surface area contributed by atoms with Crippen LogP contribution in [0.2, 0.25) is 0 Å². The van der Waals surface area contributed by atoms with Gasteiger partial charge in [-0.15, -0.1) is 0 Å². The molecule has 1 N–H and O–H groups in total. The van der Waals surface area contributed by atoms with Crippen LogP contribution in [0.25, 0.3) is 0 Å². The number of ether oxygens (including phenoxy) is 2. The lowest BCUT2D eigenvalue weighted by atomic mass is 10.1. The number of nitrogens with one attached hydrogen (secondary N) is 1. The van der Waals surface area contributed by atoms with Crippen molar-refractivity contribution >= 4 is 5.91 Å². The third kappa shape index (κ3) is 6.02. The lowest BCUT2D eigenvalue weighted by Crippen LogP contribution is -2.29. The van der Waals surface area contributed by atoms with Crippen molar-refractivity contribution in [1.82, 2.24) is 5.32 Å². The highest BCUT2D eigenvalue weighted by Gasteiger charge is 2.03. The smallest absolute Gasteiger partial charge is 0.257 e. The Hall–Kier alpha value is -2.49. The second-order valence-corrected chi connectivity index (χ2v) is 5.41. The second-order valence-electron chi connectivity index (χ2n) is 5.41. The van der Waals surface area contributed by atoms with E-state index in [0.29, 0.717) is 18.0 Å². The molecule has 0 aliphatic heterocycles. The Balaban J connectivity index is 1.64. The Morgan fingerprint density at radius 1 is 1.09 bits per heavy atom. The van der Waals surface area contributed by atoms with Crippen molar-refractivity contribution in [3.05, 3.63) is 59.7 Å². The van der Waals surface area contributed by atoms with E-state index >= 15 is 0 Å². The zero-order valence-electron chi connectivity index (χ0n) is 13.7. The van der Waals surface area contributed by atoms with Crippen LogP contribution in [0.4, 0.5) is 0 Å². The number of aryl methyl sites for hydroxylation is 2. The van der Waals surface area contributed by atoms with E-state index < -0.39 is 0 Å². The number of carbonyl (C=O) groups is 1. The molecule has 2 rings (SSSR count). The molecule has 0 heterocycles. The van der Waals surface area contributed by atoms with Gasteiger partial charge in [-0.3, -0.25) is 4.79 Å². The molecule has 0 radical (unpaired) electrons. The van der Waals surface area contributed by atoms with E-state index in [2.05, 4.69) is 36.5 Å². The molecule has 4 heteroatoms. The molecule has 0 aromatic heterocycles. The molecule has 0 spiro atoms. The van der Waals surface area contributed by atoms with Gasteiger partial charge in [0.2, 0.25) is 0 Å². The normalized spacial score (nSPS) is 10.2. The van der Waals surface area contributed by atoms with E-state index in [1.54, 1.807) is 19.2 Å². The minimum absolute atomic E-state index is 0.0116. The summed E-state index contributed by atoms with van der Waals surface area (Å²) >= 11 is 0. The molecule has 2 aromatic rings. The summed E-state index contributed by atoms with van der Waals surface area (Å²) in [5.41, 5.74) is 2.55. The van der Waals surface area contributed by atoms with Crippen LogP contribution in [0, 0.1) is 6.92 Å². The SMILES string of the molecule is COc1cccc(OCC(=O)NCCCc2ccc(C)cc2)c1. The Morgan fingerprint density at radius 2 is 1.83 bits per heavy atom. The van der Waals surface area contributed by atoms with E-state index in [4.69, 9.17) is 9.47 Å². The number of hydrogen-bond donors (Lipinski definition) is 1. The Kier molecular flexibility index (Phi) is 6.48. The molecule has 2 aromatic carbocycles. The molecule has 0 unspecified atom stereocenters. The zero-order chi connectivity index (χ0) is 16.5. The molecule has 122 valence electrons. The first-order valence-corrected chi connectivity index (χ1v) is 7.76. The third-order valence-electron chi connectivity index (χ3n) is 3.50.